The summed E-state index contributed by atoms with van der Waals surface area (Å²) in [5.74, 6) is -5.36. The standard InChI is InChI=1S/C8H12N2O7/c9-5(11)1-3(7(14)15)10-4(8(16)17)2-6(12)13/h3-4,10H,1-2H2,(H2,9,11)(H,12,13)(H,14,15)(H,16,17)/t3-,4?/m1/s1. The average molecular weight is 248 g/mol. The molecule has 0 spiro atoms. The lowest BCUT2D eigenvalue weighted by Gasteiger charge is -2.17. The van der Waals surface area contributed by atoms with Gasteiger partial charge in [0, 0.05) is 0 Å². The van der Waals surface area contributed by atoms with Crippen molar-refractivity contribution in [3.8, 4) is 0 Å². The second kappa shape index (κ2) is 6.43. The van der Waals surface area contributed by atoms with Gasteiger partial charge in [-0.3, -0.25) is 24.5 Å². The minimum absolute atomic E-state index is 0.626. The zero-order chi connectivity index (χ0) is 13.6. The highest BCUT2D eigenvalue weighted by Gasteiger charge is 2.28. The van der Waals surface area contributed by atoms with Gasteiger partial charge in [0.2, 0.25) is 5.91 Å². The summed E-state index contributed by atoms with van der Waals surface area (Å²) < 4.78 is 0. The Hall–Kier alpha value is -2.16. The smallest absolute Gasteiger partial charge is 0.321 e. The van der Waals surface area contributed by atoms with Gasteiger partial charge in [0.25, 0.3) is 0 Å². The summed E-state index contributed by atoms with van der Waals surface area (Å²) >= 11 is 0. The van der Waals surface area contributed by atoms with Crippen molar-refractivity contribution in [3.05, 3.63) is 0 Å². The molecule has 0 saturated carbocycles. The van der Waals surface area contributed by atoms with E-state index in [0.29, 0.717) is 0 Å². The van der Waals surface area contributed by atoms with Crippen LogP contribution in [0.4, 0.5) is 0 Å². The molecule has 1 amide bonds. The van der Waals surface area contributed by atoms with Crippen molar-refractivity contribution in [2.45, 2.75) is 24.9 Å². The van der Waals surface area contributed by atoms with E-state index in [2.05, 4.69) is 0 Å². The van der Waals surface area contributed by atoms with Crippen LogP contribution in [-0.4, -0.2) is 51.2 Å². The van der Waals surface area contributed by atoms with Crippen LogP contribution >= 0.6 is 0 Å². The number of carboxylic acids is 3. The Balaban J connectivity index is 4.67. The maximum Gasteiger partial charge on any atom is 0.321 e. The zero-order valence-corrected chi connectivity index (χ0v) is 8.62. The first kappa shape index (κ1) is 14.8. The number of aliphatic carboxylic acids is 3. The fraction of sp³-hybridized carbons (Fsp3) is 0.500. The van der Waals surface area contributed by atoms with Gasteiger partial charge in [0.15, 0.2) is 0 Å². The maximum atomic E-state index is 10.7. The lowest BCUT2D eigenvalue weighted by Crippen LogP contribution is -2.49. The fourth-order valence-electron chi connectivity index (χ4n) is 1.05. The zero-order valence-electron chi connectivity index (χ0n) is 8.62. The van der Waals surface area contributed by atoms with Crippen LogP contribution in [0, 0.1) is 0 Å². The first-order valence-electron chi connectivity index (χ1n) is 4.45. The number of primary amides is 1. The van der Waals surface area contributed by atoms with E-state index >= 15 is 0 Å². The molecule has 9 heteroatoms. The number of hydrogen-bond acceptors (Lipinski definition) is 5. The van der Waals surface area contributed by atoms with Gasteiger partial charge >= 0.3 is 17.9 Å². The highest BCUT2D eigenvalue weighted by Crippen LogP contribution is 1.99. The number of rotatable bonds is 8. The minimum Gasteiger partial charge on any atom is -0.481 e. The summed E-state index contributed by atoms with van der Waals surface area (Å²) in [5, 5.41) is 27.8. The molecule has 0 fully saturated rings. The van der Waals surface area contributed by atoms with Crippen molar-refractivity contribution < 1.29 is 34.5 Å². The Kier molecular flexibility index (Phi) is 5.61. The lowest BCUT2D eigenvalue weighted by molar-refractivity contribution is -0.148. The Labute approximate surface area is 95.2 Å². The van der Waals surface area contributed by atoms with Crippen LogP contribution in [0.1, 0.15) is 12.8 Å². The molecule has 2 atom stereocenters. The average Bonchev–Trinajstić information content (AvgIpc) is 2.13. The molecule has 0 aromatic heterocycles. The van der Waals surface area contributed by atoms with E-state index in [1.165, 1.54) is 0 Å². The first-order chi connectivity index (χ1) is 7.73. The molecule has 9 nitrogen and oxygen atoms in total. The number of carbonyl (C=O) groups excluding carboxylic acids is 1. The summed E-state index contributed by atoms with van der Waals surface area (Å²) in [5.41, 5.74) is 4.78. The Morgan fingerprint density at radius 3 is 1.65 bits per heavy atom. The summed E-state index contributed by atoms with van der Waals surface area (Å²) in [7, 11) is 0. The van der Waals surface area contributed by atoms with Crippen LogP contribution in [0.15, 0.2) is 0 Å². The quantitative estimate of drug-likeness (QED) is 0.323. The molecule has 17 heavy (non-hydrogen) atoms. The topological polar surface area (TPSA) is 167 Å². The van der Waals surface area contributed by atoms with Crippen LogP contribution in [0.5, 0.6) is 0 Å². The Morgan fingerprint density at radius 1 is 0.941 bits per heavy atom. The molecule has 0 aliphatic rings. The summed E-state index contributed by atoms with van der Waals surface area (Å²) in [6.45, 7) is 0. The molecule has 0 aliphatic carbocycles. The first-order valence-corrected chi connectivity index (χ1v) is 4.45. The summed E-state index contributed by atoms with van der Waals surface area (Å²) in [4.78, 5) is 42.2. The molecule has 0 heterocycles. The van der Waals surface area contributed by atoms with Gasteiger partial charge in [0.1, 0.15) is 12.1 Å². The van der Waals surface area contributed by atoms with Crippen molar-refractivity contribution in [2.24, 2.45) is 5.73 Å². The van der Waals surface area contributed by atoms with Gasteiger partial charge in [-0.05, 0) is 0 Å². The SMILES string of the molecule is NC(=O)C[C@@H](NC(CC(=O)O)C(=O)O)C(=O)O. The Bertz CT molecular complexity index is 309. The number of hydrogen-bond donors (Lipinski definition) is 5. The molecule has 6 N–H and O–H groups in total. The van der Waals surface area contributed by atoms with Gasteiger partial charge in [-0.15, -0.1) is 0 Å². The molecule has 1 unspecified atom stereocenters. The van der Waals surface area contributed by atoms with E-state index in [1.54, 1.807) is 0 Å². The van der Waals surface area contributed by atoms with Gasteiger partial charge < -0.3 is 21.1 Å². The number of carbonyl (C=O) groups is 4. The number of carboxylic acid groups (broad SMARTS) is 3. The van der Waals surface area contributed by atoms with Crippen LogP contribution in [0.2, 0.25) is 0 Å². The lowest BCUT2D eigenvalue weighted by atomic mass is 10.1. The highest BCUT2D eigenvalue weighted by molar-refractivity contribution is 5.85. The van der Waals surface area contributed by atoms with E-state index in [4.69, 9.17) is 21.1 Å². The monoisotopic (exact) mass is 248 g/mol. The number of amides is 1. The third kappa shape index (κ3) is 6.10. The third-order valence-electron chi connectivity index (χ3n) is 1.78. The van der Waals surface area contributed by atoms with Crippen LogP contribution in [-0.2, 0) is 19.2 Å². The molecule has 0 bridgehead atoms. The van der Waals surface area contributed by atoms with E-state index in [1.807, 2.05) is 5.32 Å². The van der Waals surface area contributed by atoms with Crippen molar-refractivity contribution in [3.63, 3.8) is 0 Å². The second-order valence-corrected chi connectivity index (χ2v) is 3.22. The van der Waals surface area contributed by atoms with Crippen molar-refractivity contribution in [1.82, 2.24) is 5.32 Å². The molecule has 0 rings (SSSR count). The molecule has 0 aromatic carbocycles. The van der Waals surface area contributed by atoms with Crippen molar-refractivity contribution in [2.75, 3.05) is 0 Å². The predicted molar refractivity (Wildman–Crippen MR) is 52.0 cm³/mol. The summed E-state index contributed by atoms with van der Waals surface area (Å²) in [6, 6.07) is -3.14. The molecule has 0 aliphatic heterocycles. The van der Waals surface area contributed by atoms with Gasteiger partial charge in [0.05, 0.1) is 12.8 Å². The fourth-order valence-corrected chi connectivity index (χ4v) is 1.05. The predicted octanol–water partition coefficient (Wildman–Crippen LogP) is -2.17. The van der Waals surface area contributed by atoms with E-state index < -0.39 is 48.7 Å². The van der Waals surface area contributed by atoms with Gasteiger partial charge in [-0.25, -0.2) is 0 Å². The third-order valence-corrected chi connectivity index (χ3v) is 1.78. The van der Waals surface area contributed by atoms with Crippen LogP contribution in [0.3, 0.4) is 0 Å². The van der Waals surface area contributed by atoms with Crippen LogP contribution < -0.4 is 11.1 Å². The van der Waals surface area contributed by atoms with Gasteiger partial charge in [-0.1, -0.05) is 0 Å². The molecular weight excluding hydrogens is 236 g/mol. The minimum atomic E-state index is -1.60. The molecule has 0 aromatic rings. The normalized spacial score (nSPS) is 13.6. The van der Waals surface area contributed by atoms with Crippen LogP contribution in [0.25, 0.3) is 0 Å². The Morgan fingerprint density at radius 2 is 1.35 bits per heavy atom. The van der Waals surface area contributed by atoms with E-state index in [0.717, 1.165) is 0 Å². The molecule has 96 valence electrons. The number of nitrogens with two attached hydrogens (primary N) is 1. The second-order valence-electron chi connectivity index (χ2n) is 3.22. The van der Waals surface area contributed by atoms with Crippen molar-refractivity contribution >= 4 is 23.8 Å². The van der Waals surface area contributed by atoms with E-state index in [-0.39, 0.29) is 0 Å². The van der Waals surface area contributed by atoms with Gasteiger partial charge in [-0.2, -0.15) is 0 Å². The highest BCUT2D eigenvalue weighted by atomic mass is 16.4. The summed E-state index contributed by atoms with van der Waals surface area (Å²) in [6.07, 6.45) is -1.43. The number of nitrogens with one attached hydrogen (secondary N) is 1. The molecule has 0 saturated heterocycles. The maximum absolute atomic E-state index is 10.7. The largest absolute Gasteiger partial charge is 0.481 e. The van der Waals surface area contributed by atoms with E-state index in [9.17, 15) is 19.2 Å². The van der Waals surface area contributed by atoms with Crippen molar-refractivity contribution in [1.29, 1.82) is 0 Å². The molecular formula is C8H12N2O7. The molecule has 0 radical (unpaired) electrons.